The van der Waals surface area contributed by atoms with Crippen molar-refractivity contribution in [1.82, 2.24) is 15.1 Å². The Labute approximate surface area is 139 Å². The molecule has 2 saturated heterocycles. The van der Waals surface area contributed by atoms with Crippen LogP contribution in [0.3, 0.4) is 0 Å². The first-order valence-electron chi connectivity index (χ1n) is 8.39. The van der Waals surface area contributed by atoms with Gasteiger partial charge in [0, 0.05) is 39.6 Å². The molecule has 126 valence electrons. The molecule has 3 fully saturated rings. The maximum atomic E-state index is 13.2. The quantitative estimate of drug-likeness (QED) is 0.788. The van der Waals surface area contributed by atoms with E-state index in [1.807, 2.05) is 9.80 Å². The molecule has 0 spiro atoms. The number of nitrogens with zero attached hydrogens (tertiary/aromatic N) is 2. The van der Waals surface area contributed by atoms with Crippen molar-refractivity contribution >= 4 is 24.2 Å². The molecule has 2 heterocycles. The van der Waals surface area contributed by atoms with Crippen LogP contribution < -0.4 is 5.32 Å². The number of carbonyl (C=O) groups is 2. The third kappa shape index (κ3) is 3.11. The topological polar surface area (TPSA) is 52.7 Å². The molecule has 0 unspecified atom stereocenters. The van der Waals surface area contributed by atoms with E-state index < -0.39 is 0 Å². The largest absolute Gasteiger partial charge is 0.341 e. The van der Waals surface area contributed by atoms with E-state index in [1.165, 1.54) is 19.3 Å². The molecule has 3 aliphatic rings. The van der Waals surface area contributed by atoms with Gasteiger partial charge in [0.25, 0.3) is 0 Å². The predicted octanol–water partition coefficient (Wildman–Crippen LogP) is 1.27. The van der Waals surface area contributed by atoms with Crippen molar-refractivity contribution in [1.29, 1.82) is 0 Å². The van der Waals surface area contributed by atoms with Gasteiger partial charge in [0.15, 0.2) is 0 Å². The number of nitrogens with one attached hydrogen (secondary N) is 1. The number of halogens is 1. The van der Waals surface area contributed by atoms with E-state index in [2.05, 4.69) is 5.32 Å². The third-order valence-corrected chi connectivity index (χ3v) is 5.69. The Balaban J connectivity index is 0.00000176. The minimum Gasteiger partial charge on any atom is -0.341 e. The number of rotatable bonds is 1. The lowest BCUT2D eigenvalue weighted by Gasteiger charge is -2.40. The molecular formula is C16H28ClN3O2. The first-order chi connectivity index (χ1) is 10.1. The average Bonchev–Trinajstić information content (AvgIpc) is 2.76. The maximum Gasteiger partial charge on any atom is 0.230 e. The molecule has 0 aromatic rings. The van der Waals surface area contributed by atoms with Gasteiger partial charge < -0.3 is 15.1 Å². The van der Waals surface area contributed by atoms with Crippen molar-refractivity contribution < 1.29 is 9.59 Å². The molecule has 1 N–H and O–H groups in total. The predicted molar refractivity (Wildman–Crippen MR) is 88.0 cm³/mol. The molecule has 0 bridgehead atoms. The molecule has 2 amide bonds. The first kappa shape index (κ1) is 17.5. The summed E-state index contributed by atoms with van der Waals surface area (Å²) in [5.74, 6) is 0.994. The van der Waals surface area contributed by atoms with E-state index in [4.69, 9.17) is 0 Å². The van der Waals surface area contributed by atoms with Crippen LogP contribution in [-0.4, -0.2) is 60.9 Å². The fourth-order valence-corrected chi connectivity index (χ4v) is 4.42. The maximum absolute atomic E-state index is 13.2. The molecule has 2 atom stereocenters. The molecule has 3 rings (SSSR count). The lowest BCUT2D eigenvalue weighted by Crippen LogP contribution is -2.50. The number of hydrogen-bond acceptors (Lipinski definition) is 3. The summed E-state index contributed by atoms with van der Waals surface area (Å²) in [4.78, 5) is 28.6. The zero-order chi connectivity index (χ0) is 14.9. The highest BCUT2D eigenvalue weighted by Crippen LogP contribution is 2.45. The standard InChI is InChI=1S/C16H27N3O2.ClH/c1-13(20)18-7-4-8-19(10-9-18)15(21)16-6-3-2-5-14(16)11-17-12-16;/h14,17H,2-12H2,1H3;1H/t14-,16+;/m0./s1. The van der Waals surface area contributed by atoms with Gasteiger partial charge in [0.2, 0.25) is 11.8 Å². The van der Waals surface area contributed by atoms with E-state index in [0.29, 0.717) is 24.9 Å². The van der Waals surface area contributed by atoms with Crippen LogP contribution in [0.1, 0.15) is 39.0 Å². The summed E-state index contributed by atoms with van der Waals surface area (Å²) in [6.45, 7) is 6.45. The van der Waals surface area contributed by atoms with Gasteiger partial charge in [0.05, 0.1) is 5.41 Å². The Morgan fingerprint density at radius 1 is 1.05 bits per heavy atom. The lowest BCUT2D eigenvalue weighted by atomic mass is 9.67. The molecule has 6 heteroatoms. The van der Waals surface area contributed by atoms with E-state index in [0.717, 1.165) is 39.0 Å². The number of carbonyl (C=O) groups excluding carboxylic acids is 2. The summed E-state index contributed by atoms with van der Waals surface area (Å²) in [6.07, 6.45) is 5.57. The highest BCUT2D eigenvalue weighted by atomic mass is 35.5. The van der Waals surface area contributed by atoms with E-state index >= 15 is 0 Å². The van der Waals surface area contributed by atoms with Gasteiger partial charge in [-0.3, -0.25) is 9.59 Å². The Bertz CT molecular complexity index is 432. The van der Waals surface area contributed by atoms with Crippen LogP contribution in [0.25, 0.3) is 0 Å². The number of fused-ring (bicyclic) bond motifs is 1. The molecule has 0 aromatic carbocycles. The normalized spacial score (nSPS) is 32.0. The SMILES string of the molecule is CC(=O)N1CCCN(C(=O)[C@@]23CCCC[C@H]2CNC3)CC1.Cl. The van der Waals surface area contributed by atoms with Crippen LogP contribution in [0.2, 0.25) is 0 Å². The Morgan fingerprint density at radius 3 is 2.55 bits per heavy atom. The highest BCUT2D eigenvalue weighted by molar-refractivity contribution is 5.85. The first-order valence-corrected chi connectivity index (χ1v) is 8.39. The van der Waals surface area contributed by atoms with Crippen molar-refractivity contribution in [2.75, 3.05) is 39.3 Å². The molecule has 0 aromatic heterocycles. The van der Waals surface area contributed by atoms with Crippen molar-refractivity contribution in [2.45, 2.75) is 39.0 Å². The van der Waals surface area contributed by atoms with Crippen molar-refractivity contribution in [3.63, 3.8) is 0 Å². The zero-order valence-electron chi connectivity index (χ0n) is 13.5. The van der Waals surface area contributed by atoms with Crippen molar-refractivity contribution in [3.05, 3.63) is 0 Å². The fraction of sp³-hybridized carbons (Fsp3) is 0.875. The van der Waals surface area contributed by atoms with Crippen LogP contribution in [0.5, 0.6) is 0 Å². The Kier molecular flexibility index (Phi) is 5.72. The molecule has 1 aliphatic carbocycles. The molecule has 5 nitrogen and oxygen atoms in total. The van der Waals surface area contributed by atoms with Gasteiger partial charge in [0.1, 0.15) is 0 Å². The molecular weight excluding hydrogens is 302 g/mol. The second-order valence-electron chi connectivity index (χ2n) is 6.88. The van der Waals surface area contributed by atoms with Crippen molar-refractivity contribution in [3.8, 4) is 0 Å². The molecule has 2 aliphatic heterocycles. The summed E-state index contributed by atoms with van der Waals surface area (Å²) in [5.41, 5.74) is -0.149. The summed E-state index contributed by atoms with van der Waals surface area (Å²) in [7, 11) is 0. The third-order valence-electron chi connectivity index (χ3n) is 5.69. The van der Waals surface area contributed by atoms with Gasteiger partial charge in [-0.05, 0) is 31.7 Å². The van der Waals surface area contributed by atoms with Gasteiger partial charge in [-0.15, -0.1) is 12.4 Å². The zero-order valence-corrected chi connectivity index (χ0v) is 14.3. The average molecular weight is 330 g/mol. The number of amides is 2. The molecule has 22 heavy (non-hydrogen) atoms. The van der Waals surface area contributed by atoms with E-state index in [9.17, 15) is 9.59 Å². The van der Waals surface area contributed by atoms with Crippen LogP contribution in [-0.2, 0) is 9.59 Å². The van der Waals surface area contributed by atoms with Crippen LogP contribution >= 0.6 is 12.4 Å². The minimum absolute atomic E-state index is 0. The van der Waals surface area contributed by atoms with Gasteiger partial charge in [-0.1, -0.05) is 12.8 Å². The second kappa shape index (κ2) is 7.18. The van der Waals surface area contributed by atoms with E-state index in [-0.39, 0.29) is 23.7 Å². The van der Waals surface area contributed by atoms with Gasteiger partial charge >= 0.3 is 0 Å². The summed E-state index contributed by atoms with van der Waals surface area (Å²) in [6, 6.07) is 0. The summed E-state index contributed by atoms with van der Waals surface area (Å²) in [5, 5.41) is 3.46. The molecule has 0 radical (unpaired) electrons. The highest BCUT2D eigenvalue weighted by Gasteiger charge is 2.51. The fourth-order valence-electron chi connectivity index (χ4n) is 4.42. The molecule has 1 saturated carbocycles. The summed E-state index contributed by atoms with van der Waals surface area (Å²) >= 11 is 0. The van der Waals surface area contributed by atoms with E-state index in [1.54, 1.807) is 6.92 Å². The summed E-state index contributed by atoms with van der Waals surface area (Å²) < 4.78 is 0. The smallest absolute Gasteiger partial charge is 0.230 e. The van der Waals surface area contributed by atoms with Crippen molar-refractivity contribution in [2.24, 2.45) is 11.3 Å². The lowest BCUT2D eigenvalue weighted by molar-refractivity contribution is -0.145. The van der Waals surface area contributed by atoms with Gasteiger partial charge in [-0.2, -0.15) is 0 Å². The van der Waals surface area contributed by atoms with Crippen LogP contribution in [0.15, 0.2) is 0 Å². The number of hydrogen-bond donors (Lipinski definition) is 1. The van der Waals surface area contributed by atoms with Gasteiger partial charge in [-0.25, -0.2) is 0 Å². The monoisotopic (exact) mass is 329 g/mol. The second-order valence-corrected chi connectivity index (χ2v) is 6.88. The Morgan fingerprint density at radius 2 is 1.77 bits per heavy atom. The minimum atomic E-state index is -0.149. The van der Waals surface area contributed by atoms with Crippen LogP contribution in [0, 0.1) is 11.3 Å². The van der Waals surface area contributed by atoms with Crippen LogP contribution in [0.4, 0.5) is 0 Å². The Hall–Kier alpha value is -0.810.